The van der Waals surface area contributed by atoms with Gasteiger partial charge in [-0.2, -0.15) is 0 Å². The van der Waals surface area contributed by atoms with Crippen LogP contribution in [0.25, 0.3) is 11.3 Å². The number of aromatic nitrogens is 1. The maximum absolute atomic E-state index is 10.9. The van der Waals surface area contributed by atoms with Gasteiger partial charge in [-0.15, -0.1) is 0 Å². The summed E-state index contributed by atoms with van der Waals surface area (Å²) in [5.74, 6) is 1.84. The average Bonchev–Trinajstić information content (AvgIpc) is 3.33. The Bertz CT molecular complexity index is 1050. The Kier molecular flexibility index (Phi) is 5.50. The second kappa shape index (κ2) is 8.23. The van der Waals surface area contributed by atoms with E-state index in [0.29, 0.717) is 16.8 Å². The molecule has 0 radical (unpaired) electrons. The van der Waals surface area contributed by atoms with E-state index in [1.807, 2.05) is 30.3 Å². The molecule has 0 amide bonds. The van der Waals surface area contributed by atoms with Crippen LogP contribution in [-0.4, -0.2) is 26.5 Å². The lowest BCUT2D eigenvalue weighted by Crippen LogP contribution is -2.32. The van der Waals surface area contributed by atoms with Crippen LogP contribution in [0.4, 0.5) is 5.69 Å². The van der Waals surface area contributed by atoms with E-state index in [9.17, 15) is 10.1 Å². The van der Waals surface area contributed by atoms with Crippen molar-refractivity contribution in [3.63, 3.8) is 0 Å². The number of pyridine rings is 1. The van der Waals surface area contributed by atoms with E-state index in [1.165, 1.54) is 12.1 Å². The fourth-order valence-corrected chi connectivity index (χ4v) is 4.03. The molecule has 30 heavy (non-hydrogen) atoms. The van der Waals surface area contributed by atoms with Gasteiger partial charge < -0.3 is 14.6 Å². The Hall–Kier alpha value is -3.26. The molecule has 2 aromatic heterocycles. The Morgan fingerprint density at radius 1 is 1.20 bits per heavy atom. The number of rotatable bonds is 6. The summed E-state index contributed by atoms with van der Waals surface area (Å²) >= 11 is 5.63. The number of benzene rings is 1. The summed E-state index contributed by atoms with van der Waals surface area (Å²) in [6.07, 6.45) is 1.77. The minimum absolute atomic E-state index is 0.0502. The second-order valence-electron chi connectivity index (χ2n) is 7.68. The first kappa shape index (κ1) is 20.0. The second-order valence-corrected chi connectivity index (χ2v) is 8.07. The lowest BCUT2D eigenvalue weighted by atomic mass is 10.0. The predicted octanol–water partition coefficient (Wildman–Crippen LogP) is 4.88. The van der Waals surface area contributed by atoms with Gasteiger partial charge in [0, 0.05) is 30.4 Å². The standard InChI is InChI=1S/C22H22N4O3S/c1-14(2)13-25-21(20(24-22(25)30)17-5-3-4-12-23-17)19-11-10-18(29-19)15-6-8-16(9-7-15)26(27)28/h3-12,14,20-21H,13H2,1-2H3,(H,24,30)/t20-,21-/m1/s1. The third-order valence-electron chi connectivity index (χ3n) is 5.04. The van der Waals surface area contributed by atoms with Crippen molar-refractivity contribution >= 4 is 23.0 Å². The fourth-order valence-electron chi connectivity index (χ4n) is 3.72. The SMILES string of the molecule is CC(C)CN1C(=S)N[C@H](c2ccccn2)[C@H]1c1ccc(-c2ccc([N+](=O)[O-])cc2)o1. The van der Waals surface area contributed by atoms with E-state index in [1.54, 1.807) is 18.3 Å². The van der Waals surface area contributed by atoms with Crippen LogP contribution in [0, 0.1) is 16.0 Å². The molecular formula is C22H22N4O3S. The Balaban J connectivity index is 1.69. The number of furan rings is 1. The lowest BCUT2D eigenvalue weighted by molar-refractivity contribution is -0.384. The molecule has 0 saturated carbocycles. The normalized spacial score (nSPS) is 18.6. The van der Waals surface area contributed by atoms with E-state index in [4.69, 9.17) is 16.6 Å². The van der Waals surface area contributed by atoms with Crippen molar-refractivity contribution in [3.8, 4) is 11.3 Å². The van der Waals surface area contributed by atoms with E-state index >= 15 is 0 Å². The largest absolute Gasteiger partial charge is 0.459 e. The molecule has 1 N–H and O–H groups in total. The van der Waals surface area contributed by atoms with E-state index in [0.717, 1.165) is 23.6 Å². The molecule has 8 heteroatoms. The number of hydrogen-bond donors (Lipinski definition) is 1. The number of nitro groups is 1. The van der Waals surface area contributed by atoms with Gasteiger partial charge in [-0.1, -0.05) is 19.9 Å². The molecule has 0 bridgehead atoms. The van der Waals surface area contributed by atoms with Gasteiger partial charge >= 0.3 is 0 Å². The van der Waals surface area contributed by atoms with Crippen molar-refractivity contribution in [1.82, 2.24) is 15.2 Å². The van der Waals surface area contributed by atoms with E-state index in [2.05, 4.69) is 29.0 Å². The summed E-state index contributed by atoms with van der Waals surface area (Å²) < 4.78 is 6.23. The summed E-state index contributed by atoms with van der Waals surface area (Å²) in [7, 11) is 0. The fraction of sp³-hybridized carbons (Fsp3) is 0.273. The van der Waals surface area contributed by atoms with Crippen molar-refractivity contribution in [2.75, 3.05) is 6.54 Å². The molecule has 0 unspecified atom stereocenters. The molecule has 7 nitrogen and oxygen atoms in total. The Morgan fingerprint density at radius 2 is 1.97 bits per heavy atom. The number of nitrogens with one attached hydrogen (secondary N) is 1. The molecule has 1 saturated heterocycles. The maximum atomic E-state index is 10.9. The molecule has 1 aliphatic rings. The van der Waals surface area contributed by atoms with E-state index < -0.39 is 4.92 Å². The van der Waals surface area contributed by atoms with Crippen LogP contribution in [0.5, 0.6) is 0 Å². The third kappa shape index (κ3) is 3.91. The Morgan fingerprint density at radius 3 is 2.60 bits per heavy atom. The Labute approximate surface area is 179 Å². The van der Waals surface area contributed by atoms with E-state index in [-0.39, 0.29) is 17.8 Å². The molecule has 3 heterocycles. The van der Waals surface area contributed by atoms with Gasteiger partial charge in [0.2, 0.25) is 0 Å². The van der Waals surface area contributed by atoms with Crippen molar-refractivity contribution in [3.05, 3.63) is 82.4 Å². The monoisotopic (exact) mass is 422 g/mol. The first-order chi connectivity index (χ1) is 14.4. The molecular weight excluding hydrogens is 400 g/mol. The van der Waals surface area contributed by atoms with Crippen LogP contribution < -0.4 is 5.32 Å². The van der Waals surface area contributed by atoms with Crippen molar-refractivity contribution in [1.29, 1.82) is 0 Å². The number of thiocarbonyl (C=S) groups is 1. The van der Waals surface area contributed by atoms with Gasteiger partial charge in [0.15, 0.2) is 5.11 Å². The molecule has 3 aromatic rings. The van der Waals surface area contributed by atoms with Crippen LogP contribution in [-0.2, 0) is 0 Å². The highest BCUT2D eigenvalue weighted by Gasteiger charge is 2.41. The summed E-state index contributed by atoms with van der Waals surface area (Å²) in [6.45, 7) is 5.09. The van der Waals surface area contributed by atoms with Crippen LogP contribution in [0.3, 0.4) is 0 Å². The maximum Gasteiger partial charge on any atom is 0.269 e. The van der Waals surface area contributed by atoms with Crippen molar-refractivity contribution in [2.24, 2.45) is 5.92 Å². The zero-order valence-corrected chi connectivity index (χ0v) is 17.5. The zero-order valence-electron chi connectivity index (χ0n) is 16.7. The number of hydrogen-bond acceptors (Lipinski definition) is 5. The van der Waals surface area contributed by atoms with Gasteiger partial charge in [-0.25, -0.2) is 0 Å². The summed E-state index contributed by atoms with van der Waals surface area (Å²) in [6, 6.07) is 15.7. The summed E-state index contributed by atoms with van der Waals surface area (Å²) in [4.78, 5) is 17.2. The van der Waals surface area contributed by atoms with Crippen molar-refractivity contribution < 1.29 is 9.34 Å². The van der Waals surface area contributed by atoms with Crippen LogP contribution in [0.2, 0.25) is 0 Å². The third-order valence-corrected chi connectivity index (χ3v) is 5.39. The highest BCUT2D eigenvalue weighted by molar-refractivity contribution is 7.80. The lowest BCUT2D eigenvalue weighted by Gasteiger charge is -2.27. The van der Waals surface area contributed by atoms with Gasteiger partial charge in [0.05, 0.1) is 16.7 Å². The number of nitrogens with zero attached hydrogens (tertiary/aromatic N) is 3. The molecule has 154 valence electrons. The first-order valence-corrected chi connectivity index (χ1v) is 10.2. The molecule has 0 spiro atoms. The minimum Gasteiger partial charge on any atom is -0.459 e. The van der Waals surface area contributed by atoms with Crippen molar-refractivity contribution in [2.45, 2.75) is 25.9 Å². The molecule has 4 rings (SSSR count). The highest BCUT2D eigenvalue weighted by atomic mass is 32.1. The van der Waals surface area contributed by atoms with Crippen LogP contribution in [0.15, 0.2) is 65.2 Å². The first-order valence-electron chi connectivity index (χ1n) is 9.76. The minimum atomic E-state index is -0.413. The topological polar surface area (TPSA) is 84.4 Å². The summed E-state index contributed by atoms with van der Waals surface area (Å²) in [5.41, 5.74) is 1.73. The zero-order chi connectivity index (χ0) is 21.3. The molecule has 2 atom stereocenters. The van der Waals surface area contributed by atoms with Crippen LogP contribution in [0.1, 0.15) is 37.4 Å². The van der Waals surface area contributed by atoms with Crippen LogP contribution >= 0.6 is 12.2 Å². The van der Waals surface area contributed by atoms with Gasteiger partial charge in [-0.05, 0) is 54.5 Å². The number of nitro benzene ring substituents is 1. The average molecular weight is 423 g/mol. The molecule has 1 aromatic carbocycles. The summed E-state index contributed by atoms with van der Waals surface area (Å²) in [5, 5.41) is 15.0. The molecule has 1 aliphatic heterocycles. The quantitative estimate of drug-likeness (QED) is 0.344. The number of non-ortho nitro benzene ring substituents is 1. The van der Waals surface area contributed by atoms with Gasteiger partial charge in [0.25, 0.3) is 5.69 Å². The molecule has 1 fully saturated rings. The predicted molar refractivity (Wildman–Crippen MR) is 118 cm³/mol. The van der Waals surface area contributed by atoms with Gasteiger partial charge in [0.1, 0.15) is 17.6 Å². The smallest absolute Gasteiger partial charge is 0.269 e. The van der Waals surface area contributed by atoms with Gasteiger partial charge in [-0.3, -0.25) is 15.1 Å². The molecule has 0 aliphatic carbocycles. The highest BCUT2D eigenvalue weighted by Crippen LogP contribution is 2.40.